The van der Waals surface area contributed by atoms with Gasteiger partial charge in [-0.25, -0.2) is 4.79 Å². The number of hydrogen-bond donors (Lipinski definition) is 0. The second-order valence-corrected chi connectivity index (χ2v) is 8.39. The standard InChI is InChI=1S/C25H30N2O4/c1-19-16-27(17-23(31-19)21-10-6-3-7-11-21)24(28)22-12-14-26(15-13-22)25(29)30-18-20-8-4-2-5-9-20/h2-11,19,22-23H,12-18H2,1H3. The number of piperidine rings is 1. The number of benzene rings is 2. The molecule has 2 unspecified atom stereocenters. The van der Waals surface area contributed by atoms with Crippen molar-refractivity contribution in [3.63, 3.8) is 0 Å². The zero-order valence-corrected chi connectivity index (χ0v) is 18.0. The summed E-state index contributed by atoms with van der Waals surface area (Å²) < 4.78 is 11.5. The lowest BCUT2D eigenvalue weighted by Gasteiger charge is -2.40. The van der Waals surface area contributed by atoms with Gasteiger partial charge >= 0.3 is 6.09 Å². The average Bonchev–Trinajstić information content (AvgIpc) is 2.83. The van der Waals surface area contributed by atoms with E-state index >= 15 is 0 Å². The molecule has 6 nitrogen and oxygen atoms in total. The third kappa shape index (κ3) is 5.44. The summed E-state index contributed by atoms with van der Waals surface area (Å²) in [6.45, 7) is 4.57. The fraction of sp³-hybridized carbons (Fsp3) is 0.440. The second kappa shape index (κ2) is 9.96. The van der Waals surface area contributed by atoms with Crippen LogP contribution in [-0.4, -0.2) is 54.1 Å². The third-order valence-corrected chi connectivity index (χ3v) is 6.05. The molecule has 2 saturated heterocycles. The van der Waals surface area contributed by atoms with Gasteiger partial charge in [-0.15, -0.1) is 0 Å². The molecule has 2 aliphatic heterocycles. The number of carbonyl (C=O) groups excluding carboxylic acids is 2. The highest BCUT2D eigenvalue weighted by molar-refractivity contribution is 5.79. The average molecular weight is 423 g/mol. The smallest absolute Gasteiger partial charge is 0.410 e. The van der Waals surface area contributed by atoms with Gasteiger partial charge in [0.15, 0.2) is 0 Å². The highest BCUT2D eigenvalue weighted by atomic mass is 16.6. The molecule has 31 heavy (non-hydrogen) atoms. The topological polar surface area (TPSA) is 59.1 Å². The Morgan fingerprint density at radius 2 is 1.58 bits per heavy atom. The van der Waals surface area contributed by atoms with Gasteiger partial charge in [-0.2, -0.15) is 0 Å². The summed E-state index contributed by atoms with van der Waals surface area (Å²) in [4.78, 5) is 29.2. The first-order valence-electron chi connectivity index (χ1n) is 11.0. The second-order valence-electron chi connectivity index (χ2n) is 8.39. The number of hydrogen-bond acceptors (Lipinski definition) is 4. The molecule has 164 valence electrons. The van der Waals surface area contributed by atoms with E-state index in [-0.39, 0.29) is 36.7 Å². The van der Waals surface area contributed by atoms with Crippen molar-refractivity contribution in [2.24, 2.45) is 5.92 Å². The van der Waals surface area contributed by atoms with Gasteiger partial charge in [0.05, 0.1) is 12.6 Å². The van der Waals surface area contributed by atoms with Crippen molar-refractivity contribution >= 4 is 12.0 Å². The molecule has 0 aromatic heterocycles. The van der Waals surface area contributed by atoms with Gasteiger partial charge < -0.3 is 19.3 Å². The van der Waals surface area contributed by atoms with Gasteiger partial charge in [-0.1, -0.05) is 60.7 Å². The Morgan fingerprint density at radius 1 is 0.935 bits per heavy atom. The van der Waals surface area contributed by atoms with Crippen molar-refractivity contribution in [2.45, 2.75) is 38.6 Å². The Bertz CT molecular complexity index is 866. The van der Waals surface area contributed by atoms with Crippen LogP contribution in [0.15, 0.2) is 60.7 Å². The van der Waals surface area contributed by atoms with E-state index in [0.29, 0.717) is 39.0 Å². The molecule has 2 aromatic carbocycles. The Morgan fingerprint density at radius 3 is 2.26 bits per heavy atom. The number of likely N-dealkylation sites (tertiary alicyclic amines) is 1. The molecule has 2 aliphatic rings. The number of ether oxygens (including phenoxy) is 2. The van der Waals surface area contributed by atoms with Crippen LogP contribution in [0.5, 0.6) is 0 Å². The molecule has 2 atom stereocenters. The predicted molar refractivity (Wildman–Crippen MR) is 117 cm³/mol. The maximum Gasteiger partial charge on any atom is 0.410 e. The molecule has 6 heteroatoms. The minimum Gasteiger partial charge on any atom is -0.445 e. The van der Waals surface area contributed by atoms with Crippen molar-refractivity contribution in [1.29, 1.82) is 0 Å². The lowest BCUT2D eigenvalue weighted by atomic mass is 9.94. The van der Waals surface area contributed by atoms with E-state index in [4.69, 9.17) is 9.47 Å². The van der Waals surface area contributed by atoms with E-state index < -0.39 is 0 Å². The van der Waals surface area contributed by atoms with E-state index in [1.807, 2.05) is 72.5 Å². The summed E-state index contributed by atoms with van der Waals surface area (Å²) in [5, 5.41) is 0. The zero-order valence-electron chi connectivity index (χ0n) is 18.0. The maximum absolute atomic E-state index is 13.2. The quantitative estimate of drug-likeness (QED) is 0.747. The fourth-order valence-corrected chi connectivity index (χ4v) is 4.36. The van der Waals surface area contributed by atoms with Crippen LogP contribution in [-0.2, 0) is 20.9 Å². The first-order chi connectivity index (χ1) is 15.1. The molecule has 0 bridgehead atoms. The van der Waals surface area contributed by atoms with E-state index in [1.165, 1.54) is 0 Å². The molecule has 0 N–H and O–H groups in total. The van der Waals surface area contributed by atoms with Crippen molar-refractivity contribution < 1.29 is 19.1 Å². The summed E-state index contributed by atoms with van der Waals surface area (Å²) in [7, 11) is 0. The summed E-state index contributed by atoms with van der Waals surface area (Å²) in [6.07, 6.45) is 0.930. The van der Waals surface area contributed by atoms with Crippen molar-refractivity contribution in [2.75, 3.05) is 26.2 Å². The van der Waals surface area contributed by atoms with Gasteiger partial charge in [-0.3, -0.25) is 4.79 Å². The normalized spacial score (nSPS) is 22.2. The first-order valence-corrected chi connectivity index (χ1v) is 11.0. The molecular formula is C25H30N2O4. The van der Waals surface area contributed by atoms with E-state index in [0.717, 1.165) is 11.1 Å². The Balaban J connectivity index is 1.28. The van der Waals surface area contributed by atoms with Crippen LogP contribution >= 0.6 is 0 Å². The van der Waals surface area contributed by atoms with Crippen LogP contribution in [0.3, 0.4) is 0 Å². The summed E-state index contributed by atoms with van der Waals surface area (Å²) >= 11 is 0. The largest absolute Gasteiger partial charge is 0.445 e. The number of rotatable bonds is 4. The van der Waals surface area contributed by atoms with Crippen LogP contribution in [0.2, 0.25) is 0 Å². The highest BCUT2D eigenvalue weighted by Gasteiger charge is 2.35. The van der Waals surface area contributed by atoms with Crippen LogP contribution in [0, 0.1) is 5.92 Å². The maximum atomic E-state index is 13.2. The number of nitrogens with zero attached hydrogens (tertiary/aromatic N) is 2. The highest BCUT2D eigenvalue weighted by Crippen LogP contribution is 2.28. The first kappa shape index (κ1) is 21.4. The zero-order chi connectivity index (χ0) is 21.6. The van der Waals surface area contributed by atoms with Gasteiger partial charge in [0, 0.05) is 25.6 Å². The van der Waals surface area contributed by atoms with Gasteiger partial charge in [0.1, 0.15) is 12.7 Å². The predicted octanol–water partition coefficient (Wildman–Crippen LogP) is 4.02. The van der Waals surface area contributed by atoms with Gasteiger partial charge in [-0.05, 0) is 30.9 Å². The van der Waals surface area contributed by atoms with Crippen molar-refractivity contribution in [3.05, 3.63) is 71.8 Å². The van der Waals surface area contributed by atoms with Crippen LogP contribution in [0.1, 0.15) is 37.0 Å². The van der Waals surface area contributed by atoms with Crippen molar-refractivity contribution in [1.82, 2.24) is 9.80 Å². The molecule has 4 rings (SSSR count). The summed E-state index contributed by atoms with van der Waals surface area (Å²) in [6, 6.07) is 19.7. The van der Waals surface area contributed by atoms with E-state index in [9.17, 15) is 9.59 Å². The monoisotopic (exact) mass is 422 g/mol. The molecule has 0 spiro atoms. The molecule has 0 radical (unpaired) electrons. The minimum atomic E-state index is -0.307. The lowest BCUT2D eigenvalue weighted by Crippen LogP contribution is -2.50. The number of carbonyl (C=O) groups is 2. The molecular weight excluding hydrogens is 392 g/mol. The Labute approximate surface area is 183 Å². The molecule has 2 amide bonds. The number of morpholine rings is 1. The SMILES string of the molecule is CC1CN(C(=O)C2CCN(C(=O)OCc3ccccc3)CC2)CC(c2ccccc2)O1. The minimum absolute atomic E-state index is 0.00374. The van der Waals surface area contributed by atoms with Crippen LogP contribution < -0.4 is 0 Å². The van der Waals surface area contributed by atoms with Gasteiger partial charge in [0.25, 0.3) is 0 Å². The number of amides is 2. The van der Waals surface area contributed by atoms with Crippen LogP contribution in [0.4, 0.5) is 4.79 Å². The molecule has 2 fully saturated rings. The molecule has 2 aromatic rings. The van der Waals surface area contributed by atoms with Gasteiger partial charge in [0.2, 0.25) is 5.91 Å². The summed E-state index contributed by atoms with van der Waals surface area (Å²) in [5.41, 5.74) is 2.07. The molecule has 2 heterocycles. The van der Waals surface area contributed by atoms with E-state index in [2.05, 4.69) is 0 Å². The molecule has 0 aliphatic carbocycles. The summed E-state index contributed by atoms with van der Waals surface area (Å²) in [5.74, 6) is 0.119. The Kier molecular flexibility index (Phi) is 6.87. The lowest BCUT2D eigenvalue weighted by molar-refractivity contribution is -0.150. The molecule has 0 saturated carbocycles. The van der Waals surface area contributed by atoms with Crippen molar-refractivity contribution in [3.8, 4) is 0 Å². The fourth-order valence-electron chi connectivity index (χ4n) is 4.36. The third-order valence-electron chi connectivity index (χ3n) is 6.05. The van der Waals surface area contributed by atoms with Crippen LogP contribution in [0.25, 0.3) is 0 Å². The van der Waals surface area contributed by atoms with E-state index in [1.54, 1.807) is 4.90 Å². The Hall–Kier alpha value is -2.86.